The summed E-state index contributed by atoms with van der Waals surface area (Å²) >= 11 is 0. The van der Waals surface area contributed by atoms with Gasteiger partial charge in [0.05, 0.1) is 10.6 Å². The lowest BCUT2D eigenvalue weighted by atomic mass is 10.2. The molecular formula is C24H24N2O4S. The standard InChI is InChI=1S/C24H24N2O4S/c1-4-17-30-22-13-9-20(10-14-22)25-24(27)19-7-11-21(12-8-19)26(3)31(28,29)23-15-5-18(2)6-16-23/h4-16H,1,17H2,2-3H3,(H,25,27). The summed E-state index contributed by atoms with van der Waals surface area (Å²) < 4.78 is 32.3. The lowest BCUT2D eigenvalue weighted by Gasteiger charge is -2.20. The van der Waals surface area contributed by atoms with Crippen LogP contribution in [0.2, 0.25) is 0 Å². The van der Waals surface area contributed by atoms with Crippen molar-refractivity contribution in [2.24, 2.45) is 0 Å². The molecule has 3 aromatic rings. The normalized spacial score (nSPS) is 10.9. The average Bonchev–Trinajstić information content (AvgIpc) is 2.78. The SMILES string of the molecule is C=CCOc1ccc(NC(=O)c2ccc(N(C)S(=O)(=O)c3ccc(C)cc3)cc2)cc1. The monoisotopic (exact) mass is 436 g/mol. The minimum Gasteiger partial charge on any atom is -0.490 e. The van der Waals surface area contributed by atoms with E-state index in [1.165, 1.54) is 11.4 Å². The van der Waals surface area contributed by atoms with Crippen LogP contribution in [0.3, 0.4) is 0 Å². The maximum atomic E-state index is 12.8. The van der Waals surface area contributed by atoms with Crippen LogP contribution in [-0.4, -0.2) is 28.0 Å². The first-order valence-corrected chi connectivity index (χ1v) is 11.1. The Balaban J connectivity index is 1.69. The van der Waals surface area contributed by atoms with E-state index in [4.69, 9.17) is 4.74 Å². The van der Waals surface area contributed by atoms with E-state index in [1.807, 2.05) is 6.92 Å². The van der Waals surface area contributed by atoms with Crippen molar-refractivity contribution in [1.29, 1.82) is 0 Å². The molecule has 0 radical (unpaired) electrons. The fourth-order valence-electron chi connectivity index (χ4n) is 2.82. The molecule has 0 aliphatic carbocycles. The molecule has 1 amide bonds. The number of benzene rings is 3. The van der Waals surface area contributed by atoms with Crippen LogP contribution in [0.25, 0.3) is 0 Å². The Hall–Kier alpha value is -3.58. The van der Waals surface area contributed by atoms with Gasteiger partial charge in [-0.05, 0) is 67.6 Å². The van der Waals surface area contributed by atoms with Crippen LogP contribution in [0, 0.1) is 6.92 Å². The predicted molar refractivity (Wildman–Crippen MR) is 123 cm³/mol. The Morgan fingerprint density at radius 3 is 2.19 bits per heavy atom. The summed E-state index contributed by atoms with van der Waals surface area (Å²) in [7, 11) is -2.20. The molecule has 3 rings (SSSR count). The van der Waals surface area contributed by atoms with Gasteiger partial charge in [0.2, 0.25) is 0 Å². The minimum atomic E-state index is -3.69. The van der Waals surface area contributed by atoms with Crippen LogP contribution in [0.15, 0.2) is 90.3 Å². The molecule has 0 fully saturated rings. The van der Waals surface area contributed by atoms with Gasteiger partial charge in [0, 0.05) is 18.3 Å². The molecule has 0 saturated carbocycles. The van der Waals surface area contributed by atoms with E-state index in [9.17, 15) is 13.2 Å². The summed E-state index contributed by atoms with van der Waals surface area (Å²) in [4.78, 5) is 12.7. The predicted octanol–water partition coefficient (Wildman–Crippen LogP) is 4.64. The molecule has 0 aromatic heterocycles. The van der Waals surface area contributed by atoms with Gasteiger partial charge in [-0.3, -0.25) is 9.10 Å². The van der Waals surface area contributed by atoms with E-state index in [1.54, 1.807) is 78.9 Å². The molecule has 1 N–H and O–H groups in total. The zero-order chi connectivity index (χ0) is 22.4. The van der Waals surface area contributed by atoms with Crippen LogP contribution in [0.1, 0.15) is 15.9 Å². The Bertz CT molecular complexity index is 1150. The van der Waals surface area contributed by atoms with Crippen molar-refractivity contribution in [3.63, 3.8) is 0 Å². The van der Waals surface area contributed by atoms with Gasteiger partial charge < -0.3 is 10.1 Å². The molecule has 0 spiro atoms. The van der Waals surface area contributed by atoms with E-state index < -0.39 is 10.0 Å². The van der Waals surface area contributed by atoms with E-state index in [2.05, 4.69) is 11.9 Å². The third-order valence-electron chi connectivity index (χ3n) is 4.65. The number of hydrogen-bond donors (Lipinski definition) is 1. The minimum absolute atomic E-state index is 0.211. The average molecular weight is 437 g/mol. The Labute approximate surface area is 182 Å². The van der Waals surface area contributed by atoms with Crippen molar-refractivity contribution in [2.75, 3.05) is 23.3 Å². The molecule has 0 bridgehead atoms. The smallest absolute Gasteiger partial charge is 0.264 e. The fraction of sp³-hybridized carbons (Fsp3) is 0.125. The van der Waals surface area contributed by atoms with Gasteiger partial charge in [-0.15, -0.1) is 0 Å². The third-order valence-corrected chi connectivity index (χ3v) is 6.45. The Kier molecular flexibility index (Phi) is 6.77. The second-order valence-corrected chi connectivity index (χ2v) is 8.88. The summed E-state index contributed by atoms with van der Waals surface area (Å²) in [5.74, 6) is 0.385. The number of rotatable bonds is 8. The van der Waals surface area contributed by atoms with Crippen molar-refractivity contribution < 1.29 is 17.9 Å². The zero-order valence-corrected chi connectivity index (χ0v) is 18.2. The second-order valence-electron chi connectivity index (χ2n) is 6.91. The van der Waals surface area contributed by atoms with Gasteiger partial charge in [-0.2, -0.15) is 0 Å². The van der Waals surface area contributed by atoms with E-state index in [0.29, 0.717) is 29.3 Å². The largest absolute Gasteiger partial charge is 0.490 e. The van der Waals surface area contributed by atoms with Crippen molar-refractivity contribution in [2.45, 2.75) is 11.8 Å². The number of hydrogen-bond acceptors (Lipinski definition) is 4. The first-order chi connectivity index (χ1) is 14.8. The van der Waals surface area contributed by atoms with Gasteiger partial charge >= 0.3 is 0 Å². The molecular weight excluding hydrogens is 412 g/mol. The molecule has 31 heavy (non-hydrogen) atoms. The number of sulfonamides is 1. The molecule has 0 heterocycles. The summed E-state index contributed by atoms with van der Waals surface area (Å²) in [6.07, 6.45) is 1.66. The molecule has 0 atom stereocenters. The number of ether oxygens (including phenoxy) is 1. The maximum Gasteiger partial charge on any atom is 0.264 e. The molecule has 7 heteroatoms. The van der Waals surface area contributed by atoms with Gasteiger partial charge in [0.1, 0.15) is 12.4 Å². The van der Waals surface area contributed by atoms with Gasteiger partial charge in [-0.25, -0.2) is 8.42 Å². The number of carbonyl (C=O) groups is 1. The molecule has 0 aliphatic heterocycles. The first kappa shape index (κ1) is 22.1. The van der Waals surface area contributed by atoms with Gasteiger partial charge in [0.15, 0.2) is 0 Å². The summed E-state index contributed by atoms with van der Waals surface area (Å²) in [5, 5.41) is 2.81. The molecule has 0 saturated heterocycles. The van der Waals surface area contributed by atoms with E-state index in [-0.39, 0.29) is 10.8 Å². The topological polar surface area (TPSA) is 75.7 Å². The number of anilines is 2. The molecule has 0 unspecified atom stereocenters. The highest BCUT2D eigenvalue weighted by Gasteiger charge is 2.21. The molecule has 6 nitrogen and oxygen atoms in total. The quantitative estimate of drug-likeness (QED) is 0.522. The molecule has 160 valence electrons. The van der Waals surface area contributed by atoms with Crippen molar-refractivity contribution in [1.82, 2.24) is 0 Å². The number of aryl methyl sites for hydroxylation is 1. The summed E-state index contributed by atoms with van der Waals surface area (Å²) in [6.45, 7) is 5.90. The van der Waals surface area contributed by atoms with Crippen molar-refractivity contribution in [3.05, 3.63) is 96.6 Å². The summed E-state index contributed by atoms with van der Waals surface area (Å²) in [5.41, 5.74) is 2.48. The van der Waals surface area contributed by atoms with Crippen LogP contribution >= 0.6 is 0 Å². The molecule has 3 aromatic carbocycles. The Morgan fingerprint density at radius 2 is 1.61 bits per heavy atom. The highest BCUT2D eigenvalue weighted by molar-refractivity contribution is 7.92. The van der Waals surface area contributed by atoms with Crippen LogP contribution in [-0.2, 0) is 10.0 Å². The number of nitrogens with one attached hydrogen (secondary N) is 1. The lowest BCUT2D eigenvalue weighted by molar-refractivity contribution is 0.102. The number of carbonyl (C=O) groups excluding carboxylic acids is 1. The highest BCUT2D eigenvalue weighted by atomic mass is 32.2. The Morgan fingerprint density at radius 1 is 1.00 bits per heavy atom. The van der Waals surface area contributed by atoms with E-state index in [0.717, 1.165) is 5.56 Å². The zero-order valence-electron chi connectivity index (χ0n) is 17.4. The van der Waals surface area contributed by atoms with Crippen LogP contribution < -0.4 is 14.4 Å². The number of amides is 1. The second kappa shape index (κ2) is 9.49. The molecule has 0 aliphatic rings. The lowest BCUT2D eigenvalue weighted by Crippen LogP contribution is -2.26. The summed E-state index contributed by atoms with van der Waals surface area (Å²) in [6, 6.07) is 20.1. The maximum absolute atomic E-state index is 12.8. The number of nitrogens with zero attached hydrogens (tertiary/aromatic N) is 1. The van der Waals surface area contributed by atoms with Crippen molar-refractivity contribution >= 4 is 27.3 Å². The van der Waals surface area contributed by atoms with Gasteiger partial charge in [-0.1, -0.05) is 30.4 Å². The highest BCUT2D eigenvalue weighted by Crippen LogP contribution is 2.23. The first-order valence-electron chi connectivity index (χ1n) is 9.62. The van der Waals surface area contributed by atoms with E-state index >= 15 is 0 Å². The van der Waals surface area contributed by atoms with Gasteiger partial charge in [0.25, 0.3) is 15.9 Å². The third kappa shape index (κ3) is 5.32. The van der Waals surface area contributed by atoms with Crippen LogP contribution in [0.4, 0.5) is 11.4 Å². The fourth-order valence-corrected chi connectivity index (χ4v) is 4.02. The van der Waals surface area contributed by atoms with Crippen molar-refractivity contribution in [3.8, 4) is 5.75 Å². The van der Waals surface area contributed by atoms with Crippen LogP contribution in [0.5, 0.6) is 5.75 Å².